The second kappa shape index (κ2) is 3.98. The van der Waals surface area contributed by atoms with Gasteiger partial charge < -0.3 is 5.73 Å². The average molecular weight is 214 g/mol. The molecule has 0 aliphatic carbocycles. The Morgan fingerprint density at radius 3 is 3.08 bits per heavy atom. The molecule has 1 aliphatic rings. The largest absolute Gasteiger partial charge is 0.329 e. The molecule has 1 fully saturated rings. The Bertz CT molecular complexity index is 253. The molecule has 2 nitrogen and oxygen atoms in total. The summed E-state index contributed by atoms with van der Waals surface area (Å²) in [6.07, 6.45) is 5.67. The van der Waals surface area contributed by atoms with E-state index < -0.39 is 0 Å². The van der Waals surface area contributed by atoms with Gasteiger partial charge in [-0.25, -0.2) is 0 Å². The van der Waals surface area contributed by atoms with E-state index in [1.165, 1.54) is 23.5 Å². The van der Waals surface area contributed by atoms with Crippen molar-refractivity contribution in [3.8, 4) is 0 Å². The fourth-order valence-electron chi connectivity index (χ4n) is 1.77. The van der Waals surface area contributed by atoms with E-state index in [2.05, 4.69) is 4.98 Å². The summed E-state index contributed by atoms with van der Waals surface area (Å²) in [5.74, 6) is 1.27. The lowest BCUT2D eigenvalue weighted by Crippen LogP contribution is -2.33. The first kappa shape index (κ1) is 9.49. The van der Waals surface area contributed by atoms with Crippen molar-refractivity contribution in [2.75, 3.05) is 12.3 Å². The Hall–Kier alpha value is -0.0600. The number of rotatable bonds is 3. The third kappa shape index (κ3) is 2.06. The zero-order chi connectivity index (χ0) is 9.15. The summed E-state index contributed by atoms with van der Waals surface area (Å²) >= 11 is 3.79. The van der Waals surface area contributed by atoms with Gasteiger partial charge in [-0.2, -0.15) is 11.8 Å². The number of thiazole rings is 1. The highest BCUT2D eigenvalue weighted by Gasteiger charge is 2.33. The maximum absolute atomic E-state index is 5.85. The molecule has 4 heteroatoms. The highest BCUT2D eigenvalue weighted by molar-refractivity contribution is 8.00. The van der Waals surface area contributed by atoms with Crippen molar-refractivity contribution < 1.29 is 0 Å². The van der Waals surface area contributed by atoms with E-state index >= 15 is 0 Å². The first-order chi connectivity index (χ1) is 6.35. The first-order valence-corrected chi connectivity index (χ1v) is 6.43. The molecule has 0 bridgehead atoms. The van der Waals surface area contributed by atoms with Crippen molar-refractivity contribution >= 4 is 23.1 Å². The van der Waals surface area contributed by atoms with E-state index in [4.69, 9.17) is 5.73 Å². The third-order valence-electron chi connectivity index (χ3n) is 2.54. The molecule has 13 heavy (non-hydrogen) atoms. The zero-order valence-corrected chi connectivity index (χ0v) is 9.16. The molecule has 0 amide bonds. The molecule has 1 saturated heterocycles. The second-order valence-corrected chi connectivity index (χ2v) is 6.02. The molecular formula is C9H14N2S2. The van der Waals surface area contributed by atoms with E-state index in [0.29, 0.717) is 4.75 Å². The van der Waals surface area contributed by atoms with Crippen molar-refractivity contribution in [2.24, 2.45) is 5.73 Å². The fourth-order valence-corrected chi connectivity index (χ4v) is 3.99. The SMILES string of the molecule is NCC1(Cc2cncs2)CCCS1. The molecule has 2 rings (SSSR count). The number of nitrogens with zero attached hydrogens (tertiary/aromatic N) is 1. The van der Waals surface area contributed by atoms with Crippen LogP contribution >= 0.6 is 23.1 Å². The smallest absolute Gasteiger partial charge is 0.0794 e. The Morgan fingerprint density at radius 1 is 1.62 bits per heavy atom. The van der Waals surface area contributed by atoms with Gasteiger partial charge in [0.25, 0.3) is 0 Å². The Balaban J connectivity index is 2.06. The summed E-state index contributed by atoms with van der Waals surface area (Å²) in [7, 11) is 0. The molecule has 72 valence electrons. The molecule has 1 atom stereocenters. The first-order valence-electron chi connectivity index (χ1n) is 4.56. The van der Waals surface area contributed by atoms with Crippen molar-refractivity contribution in [3.63, 3.8) is 0 Å². The number of nitrogens with two attached hydrogens (primary N) is 1. The maximum atomic E-state index is 5.85. The van der Waals surface area contributed by atoms with Crippen molar-refractivity contribution in [2.45, 2.75) is 24.0 Å². The quantitative estimate of drug-likeness (QED) is 0.835. The van der Waals surface area contributed by atoms with Gasteiger partial charge in [0, 0.05) is 22.4 Å². The molecule has 0 saturated carbocycles. The Morgan fingerprint density at radius 2 is 2.54 bits per heavy atom. The summed E-state index contributed by atoms with van der Waals surface area (Å²) in [6.45, 7) is 0.801. The van der Waals surface area contributed by atoms with Gasteiger partial charge in [0.2, 0.25) is 0 Å². The lowest BCUT2D eigenvalue weighted by molar-refractivity contribution is 0.568. The van der Waals surface area contributed by atoms with Gasteiger partial charge in [-0.3, -0.25) is 4.98 Å². The summed E-state index contributed by atoms with van der Waals surface area (Å²) < 4.78 is 0.326. The molecule has 0 radical (unpaired) electrons. The van der Waals surface area contributed by atoms with E-state index in [1.807, 2.05) is 23.5 Å². The minimum atomic E-state index is 0.326. The number of thioether (sulfide) groups is 1. The van der Waals surface area contributed by atoms with Crippen LogP contribution in [-0.2, 0) is 6.42 Å². The monoisotopic (exact) mass is 214 g/mol. The van der Waals surface area contributed by atoms with Crippen molar-refractivity contribution in [1.29, 1.82) is 0 Å². The second-order valence-electron chi connectivity index (χ2n) is 3.48. The lowest BCUT2D eigenvalue weighted by Gasteiger charge is -2.25. The van der Waals surface area contributed by atoms with Crippen LogP contribution in [0.15, 0.2) is 11.7 Å². The molecule has 2 N–H and O–H groups in total. The number of hydrogen-bond donors (Lipinski definition) is 1. The van der Waals surface area contributed by atoms with Gasteiger partial charge in [-0.05, 0) is 25.0 Å². The van der Waals surface area contributed by atoms with Crippen LogP contribution in [0.5, 0.6) is 0 Å². The summed E-state index contributed by atoms with van der Waals surface area (Å²) in [4.78, 5) is 5.47. The van der Waals surface area contributed by atoms with Crippen LogP contribution in [-0.4, -0.2) is 22.0 Å². The Labute approximate surface area is 86.9 Å². The molecular weight excluding hydrogens is 200 g/mol. The average Bonchev–Trinajstić information content (AvgIpc) is 2.77. The topological polar surface area (TPSA) is 38.9 Å². The summed E-state index contributed by atoms with van der Waals surface area (Å²) in [5, 5.41) is 0. The van der Waals surface area contributed by atoms with Crippen LogP contribution in [0.1, 0.15) is 17.7 Å². The van der Waals surface area contributed by atoms with Gasteiger partial charge in [0.1, 0.15) is 0 Å². The van der Waals surface area contributed by atoms with Crippen LogP contribution in [0.4, 0.5) is 0 Å². The summed E-state index contributed by atoms with van der Waals surface area (Å²) in [5.41, 5.74) is 7.75. The lowest BCUT2D eigenvalue weighted by atomic mass is 9.99. The molecule has 1 aliphatic heterocycles. The van der Waals surface area contributed by atoms with Gasteiger partial charge in [0.15, 0.2) is 0 Å². The van der Waals surface area contributed by atoms with Crippen molar-refractivity contribution in [1.82, 2.24) is 4.98 Å². The molecule has 0 spiro atoms. The fraction of sp³-hybridized carbons (Fsp3) is 0.667. The zero-order valence-electron chi connectivity index (χ0n) is 7.53. The van der Waals surface area contributed by atoms with E-state index in [0.717, 1.165) is 13.0 Å². The van der Waals surface area contributed by atoms with E-state index in [-0.39, 0.29) is 0 Å². The standard InChI is InChI=1S/C9H14N2S2/c10-6-9(2-1-3-13-9)4-8-5-11-7-12-8/h5,7H,1-4,6,10H2. The van der Waals surface area contributed by atoms with Crippen LogP contribution in [0.25, 0.3) is 0 Å². The molecule has 2 heterocycles. The van der Waals surface area contributed by atoms with Crippen LogP contribution in [0, 0.1) is 0 Å². The molecule has 1 aromatic heterocycles. The third-order valence-corrected chi connectivity index (χ3v) is 4.94. The highest BCUT2D eigenvalue weighted by Crippen LogP contribution is 2.40. The number of hydrogen-bond acceptors (Lipinski definition) is 4. The molecule has 0 aromatic carbocycles. The minimum Gasteiger partial charge on any atom is -0.329 e. The maximum Gasteiger partial charge on any atom is 0.0794 e. The summed E-state index contributed by atoms with van der Waals surface area (Å²) in [6, 6.07) is 0. The normalized spacial score (nSPS) is 28.1. The molecule has 1 aromatic rings. The van der Waals surface area contributed by atoms with Crippen LogP contribution in [0.3, 0.4) is 0 Å². The predicted molar refractivity (Wildman–Crippen MR) is 59.3 cm³/mol. The predicted octanol–water partition coefficient (Wildman–Crippen LogP) is 1.91. The van der Waals surface area contributed by atoms with Gasteiger partial charge in [-0.15, -0.1) is 11.3 Å². The molecule has 1 unspecified atom stereocenters. The van der Waals surface area contributed by atoms with Crippen molar-refractivity contribution in [3.05, 3.63) is 16.6 Å². The van der Waals surface area contributed by atoms with E-state index in [1.54, 1.807) is 11.3 Å². The van der Waals surface area contributed by atoms with Crippen LogP contribution in [0.2, 0.25) is 0 Å². The number of aromatic nitrogens is 1. The minimum absolute atomic E-state index is 0.326. The van der Waals surface area contributed by atoms with Gasteiger partial charge >= 0.3 is 0 Å². The van der Waals surface area contributed by atoms with Crippen LogP contribution < -0.4 is 5.73 Å². The Kier molecular flexibility index (Phi) is 2.91. The highest BCUT2D eigenvalue weighted by atomic mass is 32.2. The van der Waals surface area contributed by atoms with Gasteiger partial charge in [-0.1, -0.05) is 0 Å². The van der Waals surface area contributed by atoms with Gasteiger partial charge in [0.05, 0.1) is 5.51 Å². The van der Waals surface area contributed by atoms with E-state index in [9.17, 15) is 0 Å².